The van der Waals surface area contributed by atoms with Gasteiger partial charge in [-0.3, -0.25) is 0 Å². The summed E-state index contributed by atoms with van der Waals surface area (Å²) < 4.78 is 31.7. The first-order chi connectivity index (χ1) is 8.33. The average molecular weight is 293 g/mol. The van der Waals surface area contributed by atoms with Crippen LogP contribution in [0.1, 0.15) is 5.56 Å². The topological polar surface area (TPSA) is 58.6 Å². The predicted octanol–water partition coefficient (Wildman–Crippen LogP) is 1.42. The number of rotatable bonds is 6. The zero-order chi connectivity index (χ0) is 13.8. The highest BCUT2D eigenvalue weighted by Gasteiger charge is 2.11. The molecule has 0 aliphatic rings. The summed E-state index contributed by atoms with van der Waals surface area (Å²) in [5.41, 5.74) is 0.919. The summed E-state index contributed by atoms with van der Waals surface area (Å²) in [5, 5.41) is 0.677. The largest absolute Gasteiger partial charge is 0.492 e. The second kappa shape index (κ2) is 6.38. The van der Waals surface area contributed by atoms with E-state index in [1.165, 1.54) is 14.1 Å². The van der Waals surface area contributed by atoms with Crippen LogP contribution >= 0.6 is 11.6 Å². The van der Waals surface area contributed by atoms with Gasteiger partial charge in [0.15, 0.2) is 0 Å². The Hall–Kier alpha value is -0.820. The lowest BCUT2D eigenvalue weighted by atomic mass is 10.2. The first-order valence-corrected chi connectivity index (χ1v) is 7.21. The van der Waals surface area contributed by atoms with Crippen molar-refractivity contribution < 1.29 is 13.2 Å². The molecule has 0 unspecified atom stereocenters. The van der Waals surface area contributed by atoms with Gasteiger partial charge in [-0.05, 0) is 30.7 Å². The molecule has 0 fully saturated rings. The number of ether oxygens (including phenoxy) is 1. The molecule has 7 heteroatoms. The van der Waals surface area contributed by atoms with Gasteiger partial charge in [-0.25, -0.2) is 0 Å². The highest BCUT2D eigenvalue weighted by atomic mass is 35.5. The first kappa shape index (κ1) is 15.2. The molecular weight excluding hydrogens is 276 g/mol. The number of benzene rings is 1. The van der Waals surface area contributed by atoms with Gasteiger partial charge in [0, 0.05) is 25.7 Å². The van der Waals surface area contributed by atoms with E-state index in [1.807, 2.05) is 13.0 Å². The van der Waals surface area contributed by atoms with E-state index >= 15 is 0 Å². The molecule has 0 heterocycles. The first-order valence-electron chi connectivity index (χ1n) is 5.39. The number of nitrogens with zero attached hydrogens (tertiary/aromatic N) is 1. The van der Waals surface area contributed by atoms with Gasteiger partial charge in [0.25, 0.3) is 10.2 Å². The molecule has 1 N–H and O–H groups in total. The van der Waals surface area contributed by atoms with Crippen LogP contribution in [0.4, 0.5) is 0 Å². The van der Waals surface area contributed by atoms with E-state index in [-0.39, 0.29) is 13.2 Å². The predicted molar refractivity (Wildman–Crippen MR) is 72.3 cm³/mol. The minimum absolute atomic E-state index is 0.211. The number of hydrogen-bond acceptors (Lipinski definition) is 3. The van der Waals surface area contributed by atoms with Gasteiger partial charge in [0.05, 0.1) is 0 Å². The van der Waals surface area contributed by atoms with Crippen molar-refractivity contribution in [1.82, 2.24) is 9.03 Å². The van der Waals surface area contributed by atoms with Gasteiger partial charge >= 0.3 is 0 Å². The van der Waals surface area contributed by atoms with Gasteiger partial charge in [-0.1, -0.05) is 11.6 Å². The minimum Gasteiger partial charge on any atom is -0.492 e. The molecule has 0 amide bonds. The van der Waals surface area contributed by atoms with Crippen molar-refractivity contribution in [2.75, 3.05) is 27.2 Å². The van der Waals surface area contributed by atoms with Crippen LogP contribution in [0.15, 0.2) is 18.2 Å². The Morgan fingerprint density at radius 1 is 1.39 bits per heavy atom. The van der Waals surface area contributed by atoms with Gasteiger partial charge in [0.2, 0.25) is 0 Å². The molecule has 1 rings (SSSR count). The van der Waals surface area contributed by atoms with Crippen LogP contribution in [0.3, 0.4) is 0 Å². The highest BCUT2D eigenvalue weighted by molar-refractivity contribution is 7.87. The summed E-state index contributed by atoms with van der Waals surface area (Å²) in [4.78, 5) is 0. The summed E-state index contributed by atoms with van der Waals surface area (Å²) >= 11 is 5.88. The maximum Gasteiger partial charge on any atom is 0.279 e. The van der Waals surface area contributed by atoms with Crippen molar-refractivity contribution >= 4 is 21.8 Å². The summed E-state index contributed by atoms with van der Waals surface area (Å²) in [7, 11) is -0.457. The zero-order valence-electron chi connectivity index (χ0n) is 10.6. The van der Waals surface area contributed by atoms with Crippen LogP contribution in [0.25, 0.3) is 0 Å². The third-order valence-corrected chi connectivity index (χ3v) is 4.22. The SMILES string of the molecule is Cc1cc(OCCNS(=O)(=O)N(C)C)ccc1Cl. The third kappa shape index (κ3) is 4.45. The van der Waals surface area contributed by atoms with Gasteiger partial charge in [0.1, 0.15) is 12.4 Å². The molecule has 0 spiro atoms. The molecule has 0 atom stereocenters. The smallest absolute Gasteiger partial charge is 0.279 e. The Balaban J connectivity index is 2.41. The van der Waals surface area contributed by atoms with Crippen molar-refractivity contribution in [1.29, 1.82) is 0 Å². The Bertz CT molecular complexity index is 503. The summed E-state index contributed by atoms with van der Waals surface area (Å²) in [5.74, 6) is 0.668. The van der Waals surface area contributed by atoms with Crippen LogP contribution in [-0.4, -0.2) is 40.0 Å². The van der Waals surface area contributed by atoms with Gasteiger partial charge in [-0.2, -0.15) is 17.4 Å². The molecule has 0 saturated carbocycles. The normalized spacial score (nSPS) is 11.8. The Labute approximate surface area is 113 Å². The molecule has 0 aliphatic heterocycles. The maximum absolute atomic E-state index is 11.4. The number of nitrogens with one attached hydrogen (secondary N) is 1. The van der Waals surface area contributed by atoms with E-state index in [9.17, 15) is 8.42 Å². The Kier molecular flexibility index (Phi) is 5.40. The third-order valence-electron chi connectivity index (χ3n) is 2.27. The standard InChI is InChI=1S/C11H17ClN2O3S/c1-9-8-10(4-5-11(9)12)17-7-6-13-18(15,16)14(2)3/h4-5,8,13H,6-7H2,1-3H3. The van der Waals surface area contributed by atoms with E-state index in [4.69, 9.17) is 16.3 Å². The van der Waals surface area contributed by atoms with E-state index in [0.29, 0.717) is 10.8 Å². The van der Waals surface area contributed by atoms with Crippen LogP contribution in [0, 0.1) is 6.92 Å². The molecular formula is C11H17ClN2O3S. The highest BCUT2D eigenvalue weighted by Crippen LogP contribution is 2.20. The average Bonchev–Trinajstić information content (AvgIpc) is 2.29. The second-order valence-electron chi connectivity index (χ2n) is 3.94. The fourth-order valence-electron chi connectivity index (χ4n) is 1.18. The Morgan fingerprint density at radius 3 is 2.61 bits per heavy atom. The van der Waals surface area contributed by atoms with Gasteiger partial charge < -0.3 is 4.74 Å². The molecule has 5 nitrogen and oxygen atoms in total. The second-order valence-corrected chi connectivity index (χ2v) is 6.32. The fourth-order valence-corrected chi connectivity index (χ4v) is 1.89. The van der Waals surface area contributed by atoms with Crippen LogP contribution < -0.4 is 9.46 Å². The monoisotopic (exact) mass is 292 g/mol. The molecule has 0 aliphatic carbocycles. The van der Waals surface area contributed by atoms with Crippen molar-refractivity contribution in [3.8, 4) is 5.75 Å². The zero-order valence-corrected chi connectivity index (χ0v) is 12.2. The molecule has 0 bridgehead atoms. The number of aryl methyl sites for hydroxylation is 1. The molecule has 18 heavy (non-hydrogen) atoms. The molecule has 0 aromatic heterocycles. The lowest BCUT2D eigenvalue weighted by Crippen LogP contribution is -2.37. The fraction of sp³-hybridized carbons (Fsp3) is 0.455. The van der Waals surface area contributed by atoms with Crippen molar-refractivity contribution in [3.05, 3.63) is 28.8 Å². The number of hydrogen-bond donors (Lipinski definition) is 1. The molecule has 102 valence electrons. The molecule has 0 radical (unpaired) electrons. The van der Waals surface area contributed by atoms with Crippen molar-refractivity contribution in [2.24, 2.45) is 0 Å². The molecule has 0 saturated heterocycles. The van der Waals surface area contributed by atoms with E-state index in [0.717, 1.165) is 9.87 Å². The summed E-state index contributed by atoms with van der Waals surface area (Å²) in [6.07, 6.45) is 0. The van der Waals surface area contributed by atoms with Crippen LogP contribution in [-0.2, 0) is 10.2 Å². The molecule has 1 aromatic carbocycles. The minimum atomic E-state index is -3.39. The van der Waals surface area contributed by atoms with E-state index in [1.54, 1.807) is 12.1 Å². The lowest BCUT2D eigenvalue weighted by Gasteiger charge is -2.13. The van der Waals surface area contributed by atoms with E-state index < -0.39 is 10.2 Å². The molecule has 1 aromatic rings. The van der Waals surface area contributed by atoms with Crippen molar-refractivity contribution in [3.63, 3.8) is 0 Å². The van der Waals surface area contributed by atoms with Crippen LogP contribution in [0.2, 0.25) is 5.02 Å². The summed E-state index contributed by atoms with van der Waals surface area (Å²) in [6.45, 7) is 2.35. The van der Waals surface area contributed by atoms with Gasteiger partial charge in [-0.15, -0.1) is 0 Å². The van der Waals surface area contributed by atoms with Crippen molar-refractivity contribution in [2.45, 2.75) is 6.92 Å². The summed E-state index contributed by atoms with van der Waals surface area (Å²) in [6, 6.07) is 5.30. The number of halogens is 1. The quantitative estimate of drug-likeness (QED) is 0.807. The lowest BCUT2D eigenvalue weighted by molar-refractivity contribution is 0.321. The van der Waals surface area contributed by atoms with Crippen LogP contribution in [0.5, 0.6) is 5.75 Å². The Morgan fingerprint density at radius 2 is 2.06 bits per heavy atom. The maximum atomic E-state index is 11.4. The van der Waals surface area contributed by atoms with E-state index in [2.05, 4.69) is 4.72 Å².